The lowest BCUT2D eigenvalue weighted by Gasteiger charge is -2.41. The van der Waals surface area contributed by atoms with Gasteiger partial charge < -0.3 is 15.1 Å². The van der Waals surface area contributed by atoms with Crippen LogP contribution in [0, 0.1) is 5.82 Å². The number of piperazine rings is 1. The number of benzene rings is 2. The molecule has 1 aliphatic rings. The predicted octanol–water partition coefficient (Wildman–Crippen LogP) is 2.70. The molecule has 186 valence electrons. The topological polar surface area (TPSA) is 88.2 Å². The third-order valence-electron chi connectivity index (χ3n) is 6.07. The summed E-state index contributed by atoms with van der Waals surface area (Å²) in [4.78, 5) is 19.4. The lowest BCUT2D eigenvalue weighted by Crippen LogP contribution is -2.51. The summed E-state index contributed by atoms with van der Waals surface area (Å²) in [6, 6.07) is 14.5. The number of likely N-dealkylation sites (N-methyl/N-ethyl adjacent to an activating group) is 1. The summed E-state index contributed by atoms with van der Waals surface area (Å²) >= 11 is -2.06. The maximum absolute atomic E-state index is 14.9. The Morgan fingerprint density at radius 2 is 1.76 bits per heavy atom. The highest BCUT2D eigenvalue weighted by Crippen LogP contribution is 2.28. The zero-order chi connectivity index (χ0) is 24.5. The van der Waals surface area contributed by atoms with Crippen LogP contribution in [0.1, 0.15) is 25.5 Å². The lowest BCUT2D eigenvalue weighted by atomic mass is 10.0. The molecule has 10 heteroatoms. The van der Waals surface area contributed by atoms with Gasteiger partial charge in [0.1, 0.15) is 11.9 Å². The van der Waals surface area contributed by atoms with Gasteiger partial charge in [0.05, 0.1) is 5.69 Å². The molecule has 0 aromatic heterocycles. The molecule has 0 radical (unpaired) electrons. The second-order valence-electron chi connectivity index (χ2n) is 8.08. The van der Waals surface area contributed by atoms with E-state index in [0.717, 1.165) is 5.56 Å². The zero-order valence-corrected chi connectivity index (χ0v) is 20.6. The maximum Gasteiger partial charge on any atom is 0.244 e. The van der Waals surface area contributed by atoms with Gasteiger partial charge in [0.15, 0.2) is 0 Å². The van der Waals surface area contributed by atoms with Crippen LogP contribution in [-0.4, -0.2) is 76.8 Å². The van der Waals surface area contributed by atoms with E-state index >= 15 is 0 Å². The number of nitrogens with one attached hydrogen (secondary N) is 2. The number of anilines is 2. The SMILES string of the molecule is CCN(CC)C(=O)C(c1ccccc1)N1CCN(c2ccc(NCCNS(=O)O)cc2F)CC1. The molecule has 3 rings (SSSR count). The standard InChI is InChI=1S/C24H34FN5O3S/c1-3-28(4-2)24(31)23(19-8-6-5-7-9-19)30-16-14-29(15-17-30)22-11-10-20(18-21(22)25)26-12-13-27-34(32)33/h5-11,18,23,26-27H,3-4,12-17H2,1-2H3,(H,32,33). The van der Waals surface area contributed by atoms with E-state index in [-0.39, 0.29) is 24.3 Å². The average Bonchev–Trinajstić information content (AvgIpc) is 2.84. The smallest absolute Gasteiger partial charge is 0.244 e. The van der Waals surface area contributed by atoms with Crippen molar-refractivity contribution >= 4 is 28.5 Å². The number of carbonyl (C=O) groups excluding carboxylic acids is 1. The number of nitrogens with zero attached hydrogens (tertiary/aromatic N) is 3. The minimum absolute atomic E-state index is 0.103. The van der Waals surface area contributed by atoms with Crippen LogP contribution in [0.3, 0.4) is 0 Å². The zero-order valence-electron chi connectivity index (χ0n) is 19.7. The van der Waals surface area contributed by atoms with Crippen molar-refractivity contribution in [1.29, 1.82) is 0 Å². The molecule has 2 atom stereocenters. The van der Waals surface area contributed by atoms with Crippen LogP contribution in [0.2, 0.25) is 0 Å². The molecule has 0 bridgehead atoms. The Morgan fingerprint density at radius 3 is 2.35 bits per heavy atom. The van der Waals surface area contributed by atoms with Crippen LogP contribution in [0.4, 0.5) is 15.8 Å². The van der Waals surface area contributed by atoms with Crippen molar-refractivity contribution in [2.24, 2.45) is 0 Å². The Bertz CT molecular complexity index is 953. The van der Waals surface area contributed by atoms with Gasteiger partial charge in [-0.3, -0.25) is 14.2 Å². The average molecular weight is 492 g/mol. The van der Waals surface area contributed by atoms with E-state index in [1.165, 1.54) is 6.07 Å². The van der Waals surface area contributed by atoms with Crippen LogP contribution in [0.5, 0.6) is 0 Å². The van der Waals surface area contributed by atoms with Crippen LogP contribution >= 0.6 is 0 Å². The number of amides is 1. The number of carbonyl (C=O) groups is 1. The summed E-state index contributed by atoms with van der Waals surface area (Å²) in [5.74, 6) is -0.221. The van der Waals surface area contributed by atoms with Gasteiger partial charge in [0, 0.05) is 58.0 Å². The molecule has 1 fully saturated rings. The fraction of sp³-hybridized carbons (Fsp3) is 0.458. The first-order valence-corrected chi connectivity index (χ1v) is 12.8. The van der Waals surface area contributed by atoms with E-state index < -0.39 is 11.3 Å². The number of halogens is 1. The molecule has 0 spiro atoms. The van der Waals surface area contributed by atoms with Crippen molar-refractivity contribution in [3.05, 3.63) is 59.9 Å². The molecule has 0 saturated carbocycles. The van der Waals surface area contributed by atoms with E-state index in [4.69, 9.17) is 4.55 Å². The number of hydrogen-bond acceptors (Lipinski definition) is 5. The van der Waals surface area contributed by atoms with Crippen molar-refractivity contribution in [3.63, 3.8) is 0 Å². The molecule has 2 aromatic carbocycles. The molecule has 1 aliphatic heterocycles. The molecular formula is C24H34FN5O3S. The third kappa shape index (κ3) is 6.75. The maximum atomic E-state index is 14.9. The second kappa shape index (κ2) is 12.8. The normalized spacial score (nSPS) is 16.2. The fourth-order valence-electron chi connectivity index (χ4n) is 4.29. The second-order valence-corrected chi connectivity index (χ2v) is 8.87. The quantitative estimate of drug-likeness (QED) is 0.331. The van der Waals surface area contributed by atoms with E-state index in [2.05, 4.69) is 14.9 Å². The first-order chi connectivity index (χ1) is 16.4. The molecule has 1 amide bonds. The number of hydrogen-bond donors (Lipinski definition) is 3. The van der Waals surface area contributed by atoms with Gasteiger partial charge in [-0.2, -0.15) is 0 Å². The van der Waals surface area contributed by atoms with Gasteiger partial charge in [-0.15, -0.1) is 0 Å². The van der Waals surface area contributed by atoms with Crippen molar-refractivity contribution in [1.82, 2.24) is 14.5 Å². The predicted molar refractivity (Wildman–Crippen MR) is 135 cm³/mol. The van der Waals surface area contributed by atoms with Gasteiger partial charge in [-0.25, -0.2) is 13.3 Å². The molecule has 1 heterocycles. The van der Waals surface area contributed by atoms with Gasteiger partial charge in [0.2, 0.25) is 17.2 Å². The van der Waals surface area contributed by atoms with E-state index in [0.29, 0.717) is 57.2 Å². The van der Waals surface area contributed by atoms with Crippen molar-refractivity contribution < 1.29 is 17.9 Å². The summed E-state index contributed by atoms with van der Waals surface area (Å²) in [7, 11) is 0. The Labute approximate surface area is 203 Å². The molecule has 0 aliphatic carbocycles. The lowest BCUT2D eigenvalue weighted by molar-refractivity contribution is -0.137. The van der Waals surface area contributed by atoms with Crippen molar-refractivity contribution in [2.45, 2.75) is 19.9 Å². The first-order valence-electron chi connectivity index (χ1n) is 11.6. The Morgan fingerprint density at radius 1 is 1.09 bits per heavy atom. The Hall–Kier alpha value is -2.53. The van der Waals surface area contributed by atoms with E-state index in [1.807, 2.05) is 54.0 Å². The highest BCUT2D eigenvalue weighted by atomic mass is 32.2. The van der Waals surface area contributed by atoms with Gasteiger partial charge in [0.25, 0.3) is 0 Å². The minimum Gasteiger partial charge on any atom is -0.384 e. The van der Waals surface area contributed by atoms with Crippen LogP contribution in [0.25, 0.3) is 0 Å². The highest BCUT2D eigenvalue weighted by molar-refractivity contribution is 7.77. The summed E-state index contributed by atoms with van der Waals surface area (Å²) in [5, 5.41) is 3.03. The van der Waals surface area contributed by atoms with Crippen molar-refractivity contribution in [2.75, 3.05) is 62.6 Å². The fourth-order valence-corrected chi connectivity index (χ4v) is 4.57. The summed E-state index contributed by atoms with van der Waals surface area (Å²) in [6.07, 6.45) is 0. The summed E-state index contributed by atoms with van der Waals surface area (Å²) < 4.78 is 36.6. The molecule has 3 N–H and O–H groups in total. The van der Waals surface area contributed by atoms with Crippen LogP contribution in [0.15, 0.2) is 48.5 Å². The van der Waals surface area contributed by atoms with Gasteiger partial charge >= 0.3 is 0 Å². The Balaban J connectivity index is 1.65. The third-order valence-corrected chi connectivity index (χ3v) is 6.52. The molecule has 1 saturated heterocycles. The van der Waals surface area contributed by atoms with E-state index in [1.54, 1.807) is 12.1 Å². The van der Waals surface area contributed by atoms with Gasteiger partial charge in [-0.05, 0) is 37.6 Å². The van der Waals surface area contributed by atoms with Crippen LogP contribution in [-0.2, 0) is 16.1 Å². The molecule has 2 unspecified atom stereocenters. The Kier molecular flexibility index (Phi) is 9.82. The van der Waals surface area contributed by atoms with Gasteiger partial charge in [-0.1, -0.05) is 30.3 Å². The number of rotatable bonds is 11. The summed E-state index contributed by atoms with van der Waals surface area (Å²) in [5.41, 5.74) is 2.12. The van der Waals surface area contributed by atoms with Crippen LogP contribution < -0.4 is 14.9 Å². The highest BCUT2D eigenvalue weighted by Gasteiger charge is 2.33. The summed E-state index contributed by atoms with van der Waals surface area (Å²) in [6.45, 7) is 8.52. The first kappa shape index (κ1) is 26.1. The largest absolute Gasteiger partial charge is 0.384 e. The molecule has 34 heavy (non-hydrogen) atoms. The van der Waals surface area contributed by atoms with Crippen molar-refractivity contribution in [3.8, 4) is 0 Å². The van der Waals surface area contributed by atoms with E-state index in [9.17, 15) is 13.4 Å². The minimum atomic E-state index is -2.06. The molecular weight excluding hydrogens is 457 g/mol. The molecule has 8 nitrogen and oxygen atoms in total. The monoisotopic (exact) mass is 491 g/mol. The molecule has 2 aromatic rings.